The minimum absolute atomic E-state index is 0.592. The smallest absolute Gasteiger partial charge is 0.163 e. The predicted molar refractivity (Wildman–Crippen MR) is 93.1 cm³/mol. The quantitative estimate of drug-likeness (QED) is 0.739. The van der Waals surface area contributed by atoms with E-state index in [0.29, 0.717) is 5.92 Å². The van der Waals surface area contributed by atoms with Gasteiger partial charge in [-0.15, -0.1) is 0 Å². The van der Waals surface area contributed by atoms with Crippen LogP contribution in [0.4, 0.5) is 5.82 Å². The summed E-state index contributed by atoms with van der Waals surface area (Å²) in [4.78, 5) is 11.6. The number of rotatable bonds is 3. The van der Waals surface area contributed by atoms with E-state index in [1.54, 1.807) is 0 Å². The van der Waals surface area contributed by atoms with E-state index in [1.165, 1.54) is 5.56 Å². The second-order valence-corrected chi connectivity index (χ2v) is 6.49. The Kier molecular flexibility index (Phi) is 3.70. The number of fused-ring (bicyclic) bond motifs is 1. The number of anilines is 1. The zero-order chi connectivity index (χ0) is 16.7. The van der Waals surface area contributed by atoms with Crippen molar-refractivity contribution in [2.75, 3.05) is 18.0 Å². The van der Waals surface area contributed by atoms with E-state index in [9.17, 15) is 0 Å². The summed E-state index contributed by atoms with van der Waals surface area (Å²) in [5.41, 5.74) is 2.27. The van der Waals surface area contributed by atoms with Crippen molar-refractivity contribution >= 4 is 16.9 Å². The number of hydrogen-bond donors (Lipinski definition) is 0. The van der Waals surface area contributed by atoms with Crippen LogP contribution in [0.1, 0.15) is 37.1 Å². The SMILES string of the molecule is CCn1cc(C2CCN(c3nc(C)nc4c3cnn4C)CC2)cn1. The van der Waals surface area contributed by atoms with E-state index < -0.39 is 0 Å². The van der Waals surface area contributed by atoms with Crippen LogP contribution in [0.15, 0.2) is 18.6 Å². The lowest BCUT2D eigenvalue weighted by Crippen LogP contribution is -2.33. The van der Waals surface area contributed by atoms with Gasteiger partial charge in [-0.05, 0) is 38.2 Å². The van der Waals surface area contributed by atoms with Gasteiger partial charge in [-0.3, -0.25) is 9.36 Å². The van der Waals surface area contributed by atoms with Crippen LogP contribution in [-0.2, 0) is 13.6 Å². The molecule has 0 aliphatic carbocycles. The fraction of sp³-hybridized carbons (Fsp3) is 0.529. The van der Waals surface area contributed by atoms with Gasteiger partial charge in [0.1, 0.15) is 11.6 Å². The molecule has 0 amide bonds. The molecule has 1 aliphatic rings. The van der Waals surface area contributed by atoms with Gasteiger partial charge in [0.05, 0.1) is 17.8 Å². The normalized spacial score (nSPS) is 16.2. The van der Waals surface area contributed by atoms with Gasteiger partial charge in [0.15, 0.2) is 5.65 Å². The van der Waals surface area contributed by atoms with Crippen LogP contribution in [-0.4, -0.2) is 42.6 Å². The maximum atomic E-state index is 4.70. The van der Waals surface area contributed by atoms with Gasteiger partial charge < -0.3 is 4.90 Å². The highest BCUT2D eigenvalue weighted by Gasteiger charge is 2.24. The highest BCUT2D eigenvalue weighted by atomic mass is 15.3. The maximum absolute atomic E-state index is 4.70. The number of hydrogen-bond acceptors (Lipinski definition) is 5. The summed E-state index contributed by atoms with van der Waals surface area (Å²) >= 11 is 0. The Hall–Kier alpha value is -2.44. The molecule has 0 spiro atoms. The predicted octanol–water partition coefficient (Wildman–Crippen LogP) is 2.27. The van der Waals surface area contributed by atoms with Crippen LogP contribution in [0.5, 0.6) is 0 Å². The van der Waals surface area contributed by atoms with Crippen LogP contribution >= 0.6 is 0 Å². The average Bonchev–Trinajstić information content (AvgIpc) is 3.22. The molecule has 3 aromatic rings. The second-order valence-electron chi connectivity index (χ2n) is 6.49. The molecular formula is C17H23N7. The van der Waals surface area contributed by atoms with Gasteiger partial charge >= 0.3 is 0 Å². The summed E-state index contributed by atoms with van der Waals surface area (Å²) in [5, 5.41) is 9.80. The van der Waals surface area contributed by atoms with E-state index in [2.05, 4.69) is 33.2 Å². The summed E-state index contributed by atoms with van der Waals surface area (Å²) in [6.45, 7) is 7.00. The van der Waals surface area contributed by atoms with Crippen molar-refractivity contribution in [3.8, 4) is 0 Å². The molecule has 0 aromatic carbocycles. The Morgan fingerprint density at radius 3 is 2.62 bits per heavy atom. The van der Waals surface area contributed by atoms with Crippen molar-refractivity contribution in [3.05, 3.63) is 30.0 Å². The van der Waals surface area contributed by atoms with Crippen molar-refractivity contribution in [1.82, 2.24) is 29.5 Å². The Morgan fingerprint density at radius 2 is 1.92 bits per heavy atom. The fourth-order valence-corrected chi connectivity index (χ4v) is 3.54. The third-order valence-corrected chi connectivity index (χ3v) is 4.93. The summed E-state index contributed by atoms with van der Waals surface area (Å²) in [7, 11) is 1.93. The first-order valence-corrected chi connectivity index (χ1v) is 8.59. The lowest BCUT2D eigenvalue weighted by molar-refractivity contribution is 0.502. The largest absolute Gasteiger partial charge is 0.356 e. The number of aryl methyl sites for hydroxylation is 3. The van der Waals surface area contributed by atoms with Crippen molar-refractivity contribution < 1.29 is 0 Å². The van der Waals surface area contributed by atoms with Crippen LogP contribution in [0, 0.1) is 6.92 Å². The van der Waals surface area contributed by atoms with Crippen LogP contribution < -0.4 is 4.90 Å². The Bertz CT molecular complexity index is 855. The van der Waals surface area contributed by atoms with E-state index in [4.69, 9.17) is 4.98 Å². The zero-order valence-corrected chi connectivity index (χ0v) is 14.5. The van der Waals surface area contributed by atoms with Gasteiger partial charge in [-0.2, -0.15) is 10.2 Å². The first-order valence-electron chi connectivity index (χ1n) is 8.59. The van der Waals surface area contributed by atoms with Gasteiger partial charge in [-0.25, -0.2) is 9.97 Å². The fourth-order valence-electron chi connectivity index (χ4n) is 3.54. The minimum atomic E-state index is 0.592. The summed E-state index contributed by atoms with van der Waals surface area (Å²) in [5.74, 6) is 2.41. The zero-order valence-electron chi connectivity index (χ0n) is 14.5. The average molecular weight is 325 g/mol. The molecule has 126 valence electrons. The van der Waals surface area contributed by atoms with Crippen molar-refractivity contribution in [2.45, 2.75) is 39.2 Å². The molecule has 1 fully saturated rings. The van der Waals surface area contributed by atoms with Crippen molar-refractivity contribution in [2.24, 2.45) is 7.05 Å². The van der Waals surface area contributed by atoms with Crippen LogP contribution in [0.2, 0.25) is 0 Å². The van der Waals surface area contributed by atoms with E-state index in [0.717, 1.165) is 55.2 Å². The van der Waals surface area contributed by atoms with E-state index >= 15 is 0 Å². The van der Waals surface area contributed by atoms with E-state index in [1.807, 2.05) is 35.7 Å². The second kappa shape index (κ2) is 5.89. The molecule has 4 rings (SSSR count). The van der Waals surface area contributed by atoms with Gasteiger partial charge in [0.25, 0.3) is 0 Å². The number of piperidine rings is 1. The first-order chi connectivity index (χ1) is 11.7. The Labute approximate surface area is 141 Å². The monoisotopic (exact) mass is 325 g/mol. The molecule has 0 unspecified atom stereocenters. The van der Waals surface area contributed by atoms with Crippen molar-refractivity contribution in [3.63, 3.8) is 0 Å². The van der Waals surface area contributed by atoms with Crippen LogP contribution in [0.3, 0.4) is 0 Å². The number of nitrogens with zero attached hydrogens (tertiary/aromatic N) is 7. The molecule has 7 heteroatoms. The maximum Gasteiger partial charge on any atom is 0.163 e. The molecule has 4 heterocycles. The molecule has 1 aliphatic heterocycles. The Morgan fingerprint density at radius 1 is 1.12 bits per heavy atom. The molecular weight excluding hydrogens is 302 g/mol. The molecule has 24 heavy (non-hydrogen) atoms. The topological polar surface area (TPSA) is 64.7 Å². The number of aromatic nitrogens is 6. The molecule has 0 radical (unpaired) electrons. The molecule has 0 atom stereocenters. The third-order valence-electron chi connectivity index (χ3n) is 4.93. The van der Waals surface area contributed by atoms with E-state index in [-0.39, 0.29) is 0 Å². The highest BCUT2D eigenvalue weighted by Crippen LogP contribution is 2.32. The van der Waals surface area contributed by atoms with Crippen molar-refractivity contribution in [1.29, 1.82) is 0 Å². The highest BCUT2D eigenvalue weighted by molar-refractivity contribution is 5.87. The minimum Gasteiger partial charge on any atom is -0.356 e. The first kappa shape index (κ1) is 15.1. The van der Waals surface area contributed by atoms with Crippen LogP contribution in [0.25, 0.3) is 11.0 Å². The summed E-state index contributed by atoms with van der Waals surface area (Å²) in [6, 6.07) is 0. The standard InChI is InChI=1S/C17H23N7/c1-4-24-11-14(9-19-24)13-5-7-23(8-6-13)17-15-10-18-22(3)16(15)20-12(2)21-17/h9-11,13H,4-8H2,1-3H3. The summed E-state index contributed by atoms with van der Waals surface area (Å²) < 4.78 is 3.83. The Balaban J connectivity index is 1.56. The van der Waals surface area contributed by atoms with Gasteiger partial charge in [-0.1, -0.05) is 0 Å². The molecule has 0 N–H and O–H groups in total. The van der Waals surface area contributed by atoms with Gasteiger partial charge in [0, 0.05) is 32.9 Å². The molecule has 0 bridgehead atoms. The lowest BCUT2D eigenvalue weighted by Gasteiger charge is -2.32. The van der Waals surface area contributed by atoms with Gasteiger partial charge in [0.2, 0.25) is 0 Å². The molecule has 7 nitrogen and oxygen atoms in total. The third kappa shape index (κ3) is 2.53. The summed E-state index contributed by atoms with van der Waals surface area (Å²) in [6.07, 6.45) is 8.34. The molecule has 1 saturated heterocycles. The molecule has 0 saturated carbocycles. The molecule has 3 aromatic heterocycles. The lowest BCUT2D eigenvalue weighted by atomic mass is 9.91.